The molecule has 0 spiro atoms. The monoisotopic (exact) mass is 995 g/mol. The zero-order valence-electron chi connectivity index (χ0n) is 38.5. The van der Waals surface area contributed by atoms with Gasteiger partial charge in [0.05, 0.1) is 0 Å². The summed E-state index contributed by atoms with van der Waals surface area (Å²) in [5.74, 6) is 1.70. The summed E-state index contributed by atoms with van der Waals surface area (Å²) < 4.78 is 56.4. The fourth-order valence-corrected chi connectivity index (χ4v) is 17.2. The molecule has 10 aromatic rings. The number of hydrogen-bond acceptors (Lipinski definition) is 7. The smallest absolute Gasteiger partial charge is 0.0621 e. The average molecular weight is 996 g/mol. The summed E-state index contributed by atoms with van der Waals surface area (Å²) in [5, 5.41) is 1.71. The summed E-state index contributed by atoms with van der Waals surface area (Å²) in [5.41, 5.74) is 9.56. The van der Waals surface area contributed by atoms with E-state index in [0.29, 0.717) is 33.2 Å². The molecule has 0 saturated carbocycles. The summed E-state index contributed by atoms with van der Waals surface area (Å²) in [6.07, 6.45) is 0. The van der Waals surface area contributed by atoms with Gasteiger partial charge in [-0.15, -0.1) is 0 Å². The molecule has 3 aliphatic rings. The quantitative estimate of drug-likeness (QED) is 0.142. The molecule has 10 aromatic carbocycles. The first-order valence-electron chi connectivity index (χ1n) is 23.6. The van der Waals surface area contributed by atoms with Crippen LogP contribution in [0.2, 0.25) is 0 Å². The molecule has 12 heteroatoms. The van der Waals surface area contributed by atoms with Gasteiger partial charge in [-0.3, -0.25) is 0 Å². The Labute approximate surface area is 418 Å². The van der Waals surface area contributed by atoms with E-state index in [-0.39, 0.29) is 0 Å². The second-order valence-corrected chi connectivity index (χ2v) is 24.5. The molecule has 2 unspecified atom stereocenters. The number of fused-ring (bicyclic) bond motifs is 3. The van der Waals surface area contributed by atoms with Crippen molar-refractivity contribution in [3.05, 3.63) is 255 Å². The molecule has 0 aliphatic carbocycles. The summed E-state index contributed by atoms with van der Waals surface area (Å²) >= 11 is 0. The maximum absolute atomic E-state index is 15.6. The third kappa shape index (κ3) is 7.24. The normalized spacial score (nSPS) is 18.5. The first-order valence-corrected chi connectivity index (χ1v) is 28.6. The van der Waals surface area contributed by atoms with Gasteiger partial charge in [0, 0.05) is 0 Å². The van der Waals surface area contributed by atoms with E-state index in [2.05, 4.69) is 18.2 Å². The van der Waals surface area contributed by atoms with Crippen molar-refractivity contribution in [2.24, 2.45) is 0 Å². The molecule has 0 saturated heterocycles. The van der Waals surface area contributed by atoms with E-state index in [1.54, 1.807) is 0 Å². The Balaban J connectivity index is 0.962. The minimum absolute atomic E-state index is 0.528. The van der Waals surface area contributed by atoms with Crippen molar-refractivity contribution in [1.29, 1.82) is 0 Å². The number of para-hydroxylation sites is 9. The molecule has 0 amide bonds. The van der Waals surface area contributed by atoms with Crippen LogP contribution in [0.15, 0.2) is 255 Å². The van der Waals surface area contributed by atoms with Crippen molar-refractivity contribution >= 4 is 72.9 Å². The number of rotatable bonds is 9. The van der Waals surface area contributed by atoms with Crippen LogP contribution < -0.4 is 43.5 Å². The van der Waals surface area contributed by atoms with Crippen LogP contribution in [0.3, 0.4) is 0 Å². The van der Waals surface area contributed by atoms with E-state index in [4.69, 9.17) is 13.6 Å². The van der Waals surface area contributed by atoms with Gasteiger partial charge >= 0.3 is 311 Å². The molecule has 1 N–H and O–H groups in total. The molecule has 0 bridgehead atoms. The molecule has 3 heterocycles. The van der Waals surface area contributed by atoms with Crippen LogP contribution in [0.25, 0.3) is 33.4 Å². The van der Waals surface area contributed by atoms with Crippen LogP contribution in [0.1, 0.15) is 0 Å². The van der Waals surface area contributed by atoms with Crippen LogP contribution in [0.4, 0.5) is 34.1 Å². The predicted octanol–water partition coefficient (Wildman–Crippen LogP) is 15.1. The van der Waals surface area contributed by atoms with E-state index in [1.807, 2.05) is 251 Å². The van der Waals surface area contributed by atoms with Gasteiger partial charge in [-0.2, -0.15) is 0 Å². The molecule has 2 atom stereocenters. The number of nitrogens with zero attached hydrogens (tertiary/aromatic N) is 3. The number of benzene rings is 10. The Morgan fingerprint density at radius 1 is 0.347 bits per heavy atom. The Morgan fingerprint density at radius 3 is 1.22 bits per heavy atom. The molecule has 0 radical (unpaired) electrons. The van der Waals surface area contributed by atoms with E-state index in [0.717, 1.165) is 67.5 Å². The van der Waals surface area contributed by atoms with Crippen molar-refractivity contribution in [1.82, 2.24) is 0 Å². The minimum Gasteiger partial charge on any atom is -0.0621 e. The van der Waals surface area contributed by atoms with Gasteiger partial charge in [0.25, 0.3) is 0 Å². The summed E-state index contributed by atoms with van der Waals surface area (Å²) in [4.78, 5) is 12.9. The Kier molecular flexibility index (Phi) is 10.5. The van der Waals surface area contributed by atoms with Crippen molar-refractivity contribution < 1.29 is 27.6 Å². The molecular formula is C60H44N3O6P3. The molecule has 13 rings (SSSR count). The van der Waals surface area contributed by atoms with Gasteiger partial charge in [0.1, 0.15) is 0 Å². The topological polar surface area (TPSA) is 91.8 Å². The zero-order chi connectivity index (χ0) is 48.4. The third-order valence-corrected chi connectivity index (χ3v) is 20.7. The third-order valence-electron chi connectivity index (χ3n) is 13.4. The second kappa shape index (κ2) is 17.3. The first kappa shape index (κ1) is 43.8. The second-order valence-electron chi connectivity index (χ2n) is 17.8. The molecule has 9 nitrogen and oxygen atoms in total. The van der Waals surface area contributed by atoms with Crippen molar-refractivity contribution in [2.75, 3.05) is 14.0 Å². The van der Waals surface area contributed by atoms with Crippen LogP contribution in [-0.4, -0.2) is 4.89 Å². The summed E-state index contributed by atoms with van der Waals surface area (Å²) in [7, 11) is -11.4. The SMILES string of the molecule is O=P1(c2cccc(-c3cc(-c4cccc(P5(=O)Oc6ccccc6N5c5ccccc5)c4)cc(-c4cccc([PH]5(O)Oc6ccccc6N5c5ccccc5)c4)c3)c2)Oc2ccccc2N1c1ccccc1. The molecule has 72 heavy (non-hydrogen) atoms. The number of hydrogen-bond donors (Lipinski definition) is 1. The van der Waals surface area contributed by atoms with E-state index >= 15 is 9.13 Å². The van der Waals surface area contributed by atoms with Crippen LogP contribution in [0.5, 0.6) is 17.2 Å². The van der Waals surface area contributed by atoms with Gasteiger partial charge in [-0.25, -0.2) is 0 Å². The van der Waals surface area contributed by atoms with Crippen molar-refractivity contribution in [2.45, 2.75) is 0 Å². The molecule has 350 valence electrons. The Morgan fingerprint density at radius 2 is 0.736 bits per heavy atom. The van der Waals surface area contributed by atoms with Crippen LogP contribution in [0, 0.1) is 0 Å². The minimum atomic E-state index is -3.91. The standard InChI is InChI=1S/C60H44N3O6P3/c64-70(61(49-22-4-1-5-23-49)55-31-10-13-34-58(55)67-70)52-28-16-19-43(40-52)46-37-47(44-20-17-29-53(41-44)71(65)62(50-24-6-2-7-25-50)56-32-11-14-35-59(56)68-71)39-48(38-46)45-21-18-30-54(42-45)72(66)63(51-26-8-3-9-27-51)57-33-12-15-36-60(57)69-72/h1-42,64,70H. The van der Waals surface area contributed by atoms with Crippen LogP contribution >= 0.6 is 22.9 Å². The van der Waals surface area contributed by atoms with Gasteiger partial charge < -0.3 is 0 Å². The summed E-state index contributed by atoms with van der Waals surface area (Å²) in [6, 6.07) is 81.9. The van der Waals surface area contributed by atoms with Crippen molar-refractivity contribution in [3.63, 3.8) is 0 Å². The fourth-order valence-electron chi connectivity index (χ4n) is 10.0. The van der Waals surface area contributed by atoms with Crippen molar-refractivity contribution in [3.8, 4) is 50.6 Å². The van der Waals surface area contributed by atoms with E-state index < -0.39 is 22.9 Å². The predicted molar refractivity (Wildman–Crippen MR) is 294 cm³/mol. The number of anilines is 6. The summed E-state index contributed by atoms with van der Waals surface area (Å²) in [6.45, 7) is 0. The van der Waals surface area contributed by atoms with Crippen LogP contribution in [-0.2, 0) is 9.13 Å². The molecule has 0 aromatic heterocycles. The van der Waals surface area contributed by atoms with Gasteiger partial charge in [-0.05, 0) is 48.5 Å². The van der Waals surface area contributed by atoms with Gasteiger partial charge in [0.2, 0.25) is 0 Å². The maximum atomic E-state index is 15.6. The zero-order valence-corrected chi connectivity index (χ0v) is 41.3. The average Bonchev–Trinajstić information content (AvgIpc) is 4.06. The fraction of sp³-hybridized carbons (Fsp3) is 0. The molecular weight excluding hydrogens is 952 g/mol. The Bertz CT molecular complexity index is 3650. The van der Waals surface area contributed by atoms with Gasteiger partial charge in [0.15, 0.2) is 0 Å². The molecule has 3 aliphatic heterocycles. The first-order chi connectivity index (χ1) is 35.3. The van der Waals surface area contributed by atoms with E-state index in [1.165, 1.54) is 0 Å². The Hall–Kier alpha value is -8.15. The van der Waals surface area contributed by atoms with Gasteiger partial charge in [-0.1, -0.05) is 60.7 Å². The van der Waals surface area contributed by atoms with E-state index in [9.17, 15) is 4.89 Å². The molecule has 0 fully saturated rings.